The van der Waals surface area contributed by atoms with Gasteiger partial charge in [0.05, 0.1) is 4.87 Å². The van der Waals surface area contributed by atoms with E-state index in [1.165, 1.54) is 12.1 Å². The van der Waals surface area contributed by atoms with Gasteiger partial charge in [-0.15, -0.1) is 11.8 Å². The first kappa shape index (κ1) is 17.7. The third-order valence-electron chi connectivity index (χ3n) is 4.47. The number of amides is 2. The topological polar surface area (TPSA) is 75.7 Å². The number of nitrogens with zero attached hydrogens (tertiary/aromatic N) is 1. The first-order valence-corrected chi connectivity index (χ1v) is 9.01. The Balaban J connectivity index is 1.46. The maximum Gasteiger partial charge on any atom is 0.330 e. The van der Waals surface area contributed by atoms with Gasteiger partial charge < -0.3 is 15.0 Å². The number of benzene rings is 1. The van der Waals surface area contributed by atoms with E-state index in [0.29, 0.717) is 12.2 Å². The highest BCUT2D eigenvalue weighted by molar-refractivity contribution is 8.01. The summed E-state index contributed by atoms with van der Waals surface area (Å²) in [6.07, 6.45) is 1.16. The van der Waals surface area contributed by atoms with Crippen molar-refractivity contribution in [2.45, 2.75) is 37.2 Å². The number of ether oxygens (including phenoxy) is 1. The van der Waals surface area contributed by atoms with Crippen LogP contribution in [0.5, 0.6) is 0 Å². The molecule has 2 amide bonds. The monoisotopic (exact) mass is 366 g/mol. The number of rotatable bonds is 5. The Hall–Kier alpha value is -2.09. The Morgan fingerprint density at radius 3 is 2.84 bits per heavy atom. The molecule has 0 unspecified atom stereocenters. The highest BCUT2D eigenvalue weighted by Gasteiger charge is 2.53. The molecule has 2 heterocycles. The van der Waals surface area contributed by atoms with Crippen LogP contribution in [0.2, 0.25) is 0 Å². The van der Waals surface area contributed by atoms with Crippen LogP contribution in [0.3, 0.4) is 0 Å². The third-order valence-corrected chi connectivity index (χ3v) is 5.97. The van der Waals surface area contributed by atoms with Gasteiger partial charge in [-0.25, -0.2) is 9.18 Å². The molecule has 0 aromatic heterocycles. The molecule has 2 saturated heterocycles. The van der Waals surface area contributed by atoms with Crippen LogP contribution in [-0.2, 0) is 25.7 Å². The molecular formula is C17H19FN2O4S. The number of esters is 1. The van der Waals surface area contributed by atoms with E-state index in [1.54, 1.807) is 28.8 Å². The molecule has 0 aliphatic carbocycles. The van der Waals surface area contributed by atoms with Crippen molar-refractivity contribution in [2.24, 2.45) is 0 Å². The lowest BCUT2D eigenvalue weighted by atomic mass is 10.2. The lowest BCUT2D eigenvalue weighted by molar-refractivity contribution is -0.156. The highest BCUT2D eigenvalue weighted by atomic mass is 32.2. The molecule has 0 bridgehead atoms. The quantitative estimate of drug-likeness (QED) is 0.798. The highest BCUT2D eigenvalue weighted by Crippen LogP contribution is 2.47. The van der Waals surface area contributed by atoms with Gasteiger partial charge >= 0.3 is 5.97 Å². The zero-order chi connectivity index (χ0) is 18.0. The molecule has 2 fully saturated rings. The number of hydrogen-bond donors (Lipinski definition) is 1. The van der Waals surface area contributed by atoms with Crippen molar-refractivity contribution < 1.29 is 23.5 Å². The number of halogens is 1. The summed E-state index contributed by atoms with van der Waals surface area (Å²) in [5, 5.41) is 2.60. The molecule has 0 saturated carbocycles. The fraction of sp³-hybridized carbons (Fsp3) is 0.471. The zero-order valence-electron chi connectivity index (χ0n) is 13.8. The summed E-state index contributed by atoms with van der Waals surface area (Å²) >= 11 is 1.57. The van der Waals surface area contributed by atoms with Gasteiger partial charge in [-0.1, -0.05) is 12.1 Å². The predicted molar refractivity (Wildman–Crippen MR) is 89.9 cm³/mol. The van der Waals surface area contributed by atoms with Gasteiger partial charge in [-0.2, -0.15) is 0 Å². The van der Waals surface area contributed by atoms with Crippen molar-refractivity contribution in [3.8, 4) is 0 Å². The SMILES string of the molecule is C[C@]12CCC(=O)N1[C@H](C(=O)OCC(=O)NCc1ccc(F)cc1)CS2. The van der Waals surface area contributed by atoms with E-state index >= 15 is 0 Å². The zero-order valence-corrected chi connectivity index (χ0v) is 14.6. The van der Waals surface area contributed by atoms with Crippen molar-refractivity contribution in [2.75, 3.05) is 12.4 Å². The van der Waals surface area contributed by atoms with Crippen LogP contribution in [0, 0.1) is 5.82 Å². The van der Waals surface area contributed by atoms with Gasteiger partial charge in [0.25, 0.3) is 5.91 Å². The minimum atomic E-state index is -0.630. The summed E-state index contributed by atoms with van der Waals surface area (Å²) in [4.78, 5) is 37.3. The minimum Gasteiger partial charge on any atom is -0.454 e. The van der Waals surface area contributed by atoms with Crippen molar-refractivity contribution in [1.82, 2.24) is 10.2 Å². The van der Waals surface area contributed by atoms with E-state index in [4.69, 9.17) is 4.74 Å². The summed E-state index contributed by atoms with van der Waals surface area (Å²) in [6.45, 7) is 1.77. The third kappa shape index (κ3) is 3.78. The number of carbonyl (C=O) groups excluding carboxylic acids is 3. The van der Waals surface area contributed by atoms with Crippen LogP contribution >= 0.6 is 11.8 Å². The number of fused-ring (bicyclic) bond motifs is 1. The number of nitrogens with one attached hydrogen (secondary N) is 1. The molecule has 0 spiro atoms. The van der Waals surface area contributed by atoms with E-state index < -0.39 is 24.5 Å². The van der Waals surface area contributed by atoms with Crippen LogP contribution in [0.15, 0.2) is 24.3 Å². The summed E-state index contributed by atoms with van der Waals surface area (Å²) in [6, 6.07) is 5.12. The Kier molecular flexibility index (Phi) is 4.99. The second-order valence-electron chi connectivity index (χ2n) is 6.28. The summed E-state index contributed by atoms with van der Waals surface area (Å²) in [7, 11) is 0. The molecule has 1 N–H and O–H groups in total. The molecule has 1 aromatic rings. The van der Waals surface area contributed by atoms with Gasteiger partial charge in [0, 0.05) is 18.7 Å². The predicted octanol–water partition coefficient (Wildman–Crippen LogP) is 1.44. The van der Waals surface area contributed by atoms with Gasteiger partial charge in [0.15, 0.2) is 6.61 Å². The largest absolute Gasteiger partial charge is 0.454 e. The Morgan fingerprint density at radius 2 is 2.12 bits per heavy atom. The fourth-order valence-electron chi connectivity index (χ4n) is 3.08. The van der Waals surface area contributed by atoms with Crippen molar-refractivity contribution in [3.63, 3.8) is 0 Å². The smallest absolute Gasteiger partial charge is 0.330 e. The normalized spacial score (nSPS) is 25.0. The Morgan fingerprint density at radius 1 is 1.40 bits per heavy atom. The number of hydrogen-bond acceptors (Lipinski definition) is 5. The number of thioether (sulfide) groups is 1. The van der Waals surface area contributed by atoms with Crippen LogP contribution < -0.4 is 5.32 Å². The second kappa shape index (κ2) is 7.03. The molecule has 2 aliphatic heterocycles. The lowest BCUT2D eigenvalue weighted by Gasteiger charge is -2.29. The lowest BCUT2D eigenvalue weighted by Crippen LogP contribution is -2.47. The first-order chi connectivity index (χ1) is 11.9. The Labute approximate surface area is 149 Å². The van der Waals surface area contributed by atoms with Gasteiger partial charge in [0.2, 0.25) is 5.91 Å². The van der Waals surface area contributed by atoms with E-state index in [0.717, 1.165) is 12.0 Å². The van der Waals surface area contributed by atoms with Crippen molar-refractivity contribution in [1.29, 1.82) is 0 Å². The van der Waals surface area contributed by atoms with E-state index in [2.05, 4.69) is 5.32 Å². The molecular weight excluding hydrogens is 347 g/mol. The molecule has 0 radical (unpaired) electrons. The van der Waals surface area contributed by atoms with E-state index in [-0.39, 0.29) is 23.1 Å². The minimum absolute atomic E-state index is 0.0461. The van der Waals surface area contributed by atoms with Crippen molar-refractivity contribution >= 4 is 29.5 Å². The molecule has 8 heteroatoms. The number of carbonyl (C=O) groups is 3. The molecule has 1 aromatic carbocycles. The van der Waals surface area contributed by atoms with Gasteiger partial charge in [0.1, 0.15) is 11.9 Å². The second-order valence-corrected chi connectivity index (χ2v) is 7.78. The maximum absolute atomic E-state index is 12.8. The summed E-state index contributed by atoms with van der Waals surface area (Å²) in [5.74, 6) is -0.905. The molecule has 2 atom stereocenters. The molecule has 6 nitrogen and oxygen atoms in total. The van der Waals surface area contributed by atoms with Crippen molar-refractivity contribution in [3.05, 3.63) is 35.6 Å². The maximum atomic E-state index is 12.8. The fourth-order valence-corrected chi connectivity index (χ4v) is 4.50. The van der Waals surface area contributed by atoms with Crippen LogP contribution in [0.4, 0.5) is 4.39 Å². The molecule has 134 valence electrons. The standard InChI is InChI=1S/C17H19FN2O4S/c1-17-7-6-15(22)20(17)13(10-25-17)16(23)24-9-14(21)19-8-11-2-4-12(18)5-3-11/h2-5,13H,6-10H2,1H3,(H,19,21)/t13-,17-/m0/s1. The summed E-state index contributed by atoms with van der Waals surface area (Å²) in [5.41, 5.74) is 0.742. The van der Waals surface area contributed by atoms with Crippen LogP contribution in [0.1, 0.15) is 25.3 Å². The molecule has 2 aliphatic rings. The van der Waals surface area contributed by atoms with E-state index in [9.17, 15) is 18.8 Å². The summed E-state index contributed by atoms with van der Waals surface area (Å²) < 4.78 is 17.9. The van der Waals surface area contributed by atoms with E-state index in [1.807, 2.05) is 6.92 Å². The molecule has 25 heavy (non-hydrogen) atoms. The average molecular weight is 366 g/mol. The van der Waals surface area contributed by atoms with Gasteiger partial charge in [-0.05, 0) is 31.0 Å². The van der Waals surface area contributed by atoms with Gasteiger partial charge in [-0.3, -0.25) is 9.59 Å². The first-order valence-electron chi connectivity index (χ1n) is 8.03. The van der Waals surface area contributed by atoms with Crippen LogP contribution in [-0.4, -0.2) is 46.0 Å². The molecule has 3 rings (SSSR count). The Bertz CT molecular complexity index is 696. The average Bonchev–Trinajstić information content (AvgIpc) is 3.08. The van der Waals surface area contributed by atoms with Crippen LogP contribution in [0.25, 0.3) is 0 Å².